The van der Waals surface area contributed by atoms with Gasteiger partial charge in [0.2, 0.25) is 0 Å². The van der Waals surface area contributed by atoms with Crippen molar-refractivity contribution in [3.05, 3.63) is 29.8 Å². The van der Waals surface area contributed by atoms with E-state index in [2.05, 4.69) is 32.9 Å². The van der Waals surface area contributed by atoms with Gasteiger partial charge in [0.05, 0.1) is 0 Å². The van der Waals surface area contributed by atoms with Crippen molar-refractivity contribution in [1.29, 1.82) is 0 Å². The van der Waals surface area contributed by atoms with E-state index in [0.717, 1.165) is 5.92 Å². The maximum atomic E-state index is 10.8. The highest BCUT2D eigenvalue weighted by Crippen LogP contribution is 2.40. The molecule has 1 aromatic carbocycles. The first-order valence-corrected chi connectivity index (χ1v) is 16.0. The number of hydrogen-bond acceptors (Lipinski definition) is 1. The number of para-hydroxylation sites is 1. The lowest BCUT2D eigenvalue weighted by Gasteiger charge is -2.29. The summed E-state index contributed by atoms with van der Waals surface area (Å²) in [6.07, 6.45) is 31.5. The monoisotopic (exact) mass is 486 g/mol. The smallest absolute Gasteiger partial charge is 0.119 e. The summed E-state index contributed by atoms with van der Waals surface area (Å²) in [4.78, 5) is 0. The molecule has 0 bridgehead atoms. The summed E-state index contributed by atoms with van der Waals surface area (Å²) in [6, 6.07) is 8.27. The molecule has 0 spiro atoms. The molecule has 2 unspecified atom stereocenters. The molecule has 0 aliphatic carbocycles. The van der Waals surface area contributed by atoms with Crippen LogP contribution < -0.4 is 0 Å². The van der Waals surface area contributed by atoms with Crippen LogP contribution in [0.25, 0.3) is 0 Å². The number of unbranched alkanes of at least 4 members (excludes halogenated alkanes) is 17. The molecule has 0 aliphatic rings. The number of phenolic OH excluding ortho intramolecular Hbond substituents is 1. The van der Waals surface area contributed by atoms with Crippen LogP contribution in [0.1, 0.15) is 180 Å². The zero-order chi connectivity index (χ0) is 25.4. The van der Waals surface area contributed by atoms with Gasteiger partial charge in [-0.05, 0) is 42.7 Å². The van der Waals surface area contributed by atoms with Gasteiger partial charge in [-0.3, -0.25) is 0 Å². The fraction of sp³-hybridized carbons (Fsp3) is 0.824. The molecular formula is C34H62O. The van der Waals surface area contributed by atoms with Crippen LogP contribution in [0.4, 0.5) is 0 Å². The van der Waals surface area contributed by atoms with Crippen molar-refractivity contribution in [2.45, 2.75) is 174 Å². The molecule has 0 aromatic heterocycles. The fourth-order valence-electron chi connectivity index (χ4n) is 5.86. The van der Waals surface area contributed by atoms with Crippen LogP contribution in [0.2, 0.25) is 0 Å². The van der Waals surface area contributed by atoms with Crippen molar-refractivity contribution in [3.63, 3.8) is 0 Å². The van der Waals surface area contributed by atoms with Gasteiger partial charge in [-0.2, -0.15) is 0 Å². The number of benzene rings is 1. The Balaban J connectivity index is 2.66. The van der Waals surface area contributed by atoms with E-state index in [0.29, 0.717) is 11.7 Å². The third-order valence-electron chi connectivity index (χ3n) is 8.13. The molecule has 35 heavy (non-hydrogen) atoms. The highest BCUT2D eigenvalue weighted by molar-refractivity contribution is 5.35. The predicted octanol–water partition coefficient (Wildman–Crippen LogP) is 12.1. The third kappa shape index (κ3) is 16.4. The average molecular weight is 487 g/mol. The second kappa shape index (κ2) is 23.4. The van der Waals surface area contributed by atoms with Gasteiger partial charge in [0, 0.05) is 0 Å². The van der Waals surface area contributed by atoms with Crippen molar-refractivity contribution in [3.8, 4) is 5.75 Å². The summed E-state index contributed by atoms with van der Waals surface area (Å²) in [6.45, 7) is 6.91. The Morgan fingerprint density at radius 1 is 0.486 bits per heavy atom. The summed E-state index contributed by atoms with van der Waals surface area (Å²) in [5.41, 5.74) is 1.23. The number of hydrogen-bond donors (Lipinski definition) is 1. The third-order valence-corrected chi connectivity index (χ3v) is 8.13. The zero-order valence-corrected chi connectivity index (χ0v) is 24.2. The summed E-state index contributed by atoms with van der Waals surface area (Å²) >= 11 is 0. The minimum atomic E-state index is 0.530. The second-order valence-electron chi connectivity index (χ2n) is 11.3. The van der Waals surface area contributed by atoms with E-state index in [1.165, 1.54) is 153 Å². The quantitative estimate of drug-likeness (QED) is 0.136. The van der Waals surface area contributed by atoms with Crippen molar-refractivity contribution in [1.82, 2.24) is 0 Å². The van der Waals surface area contributed by atoms with Crippen LogP contribution in [0.15, 0.2) is 24.3 Å². The number of phenols is 1. The molecule has 2 atom stereocenters. The van der Waals surface area contributed by atoms with E-state index in [1.807, 2.05) is 12.1 Å². The summed E-state index contributed by atoms with van der Waals surface area (Å²) in [5.74, 6) is 1.79. The maximum absolute atomic E-state index is 10.8. The standard InChI is InChI=1S/C34H62O/c1-4-7-10-13-15-16-17-20-23-28-32(33-29-24-25-30-34(33)35)31(26-21-18-12-9-6-3)27-22-19-14-11-8-5-2/h24-25,29-32,35H,4-23,26-28H2,1-3H3. The molecule has 1 rings (SSSR count). The van der Waals surface area contributed by atoms with E-state index >= 15 is 0 Å². The molecule has 0 saturated heterocycles. The van der Waals surface area contributed by atoms with Crippen LogP contribution >= 0.6 is 0 Å². The average Bonchev–Trinajstić information content (AvgIpc) is 2.87. The predicted molar refractivity (Wildman–Crippen MR) is 158 cm³/mol. The first-order chi connectivity index (χ1) is 17.2. The Labute approximate surface area is 220 Å². The van der Waals surface area contributed by atoms with Gasteiger partial charge in [-0.1, -0.05) is 167 Å². The minimum Gasteiger partial charge on any atom is -0.508 e. The Hall–Kier alpha value is -0.980. The van der Waals surface area contributed by atoms with Gasteiger partial charge >= 0.3 is 0 Å². The number of rotatable bonds is 25. The maximum Gasteiger partial charge on any atom is 0.119 e. The Kier molecular flexibility index (Phi) is 21.4. The van der Waals surface area contributed by atoms with E-state index in [9.17, 15) is 5.11 Å². The zero-order valence-electron chi connectivity index (χ0n) is 24.2. The molecule has 0 amide bonds. The van der Waals surface area contributed by atoms with E-state index < -0.39 is 0 Å². The molecule has 0 radical (unpaired) electrons. The fourth-order valence-corrected chi connectivity index (χ4v) is 5.86. The molecule has 1 aromatic rings. The van der Waals surface area contributed by atoms with Gasteiger partial charge in [0.25, 0.3) is 0 Å². The largest absolute Gasteiger partial charge is 0.508 e. The Morgan fingerprint density at radius 3 is 1.29 bits per heavy atom. The lowest BCUT2D eigenvalue weighted by Crippen LogP contribution is -2.14. The van der Waals surface area contributed by atoms with Crippen LogP contribution in [-0.2, 0) is 0 Å². The summed E-state index contributed by atoms with van der Waals surface area (Å²) in [5, 5.41) is 10.8. The van der Waals surface area contributed by atoms with E-state index in [-0.39, 0.29) is 0 Å². The first kappa shape index (κ1) is 32.0. The van der Waals surface area contributed by atoms with Crippen LogP contribution in [0, 0.1) is 5.92 Å². The van der Waals surface area contributed by atoms with Crippen LogP contribution in [-0.4, -0.2) is 5.11 Å². The van der Waals surface area contributed by atoms with Gasteiger partial charge in [0.15, 0.2) is 0 Å². The molecule has 0 fully saturated rings. The lowest BCUT2D eigenvalue weighted by atomic mass is 9.76. The second-order valence-corrected chi connectivity index (χ2v) is 11.3. The molecule has 0 saturated carbocycles. The topological polar surface area (TPSA) is 20.2 Å². The molecule has 204 valence electrons. The molecule has 0 heterocycles. The molecule has 1 N–H and O–H groups in total. The van der Waals surface area contributed by atoms with Gasteiger partial charge in [0.1, 0.15) is 5.75 Å². The summed E-state index contributed by atoms with van der Waals surface area (Å²) in [7, 11) is 0. The van der Waals surface area contributed by atoms with Crippen LogP contribution in [0.3, 0.4) is 0 Å². The lowest BCUT2D eigenvalue weighted by molar-refractivity contribution is 0.314. The highest BCUT2D eigenvalue weighted by Gasteiger charge is 2.24. The minimum absolute atomic E-state index is 0.530. The molecular weight excluding hydrogens is 424 g/mol. The Morgan fingerprint density at radius 2 is 0.857 bits per heavy atom. The van der Waals surface area contributed by atoms with E-state index in [4.69, 9.17) is 0 Å². The number of aromatic hydroxyl groups is 1. The van der Waals surface area contributed by atoms with Crippen molar-refractivity contribution < 1.29 is 5.11 Å². The van der Waals surface area contributed by atoms with Gasteiger partial charge < -0.3 is 5.11 Å². The van der Waals surface area contributed by atoms with Gasteiger partial charge in [-0.25, -0.2) is 0 Å². The van der Waals surface area contributed by atoms with E-state index in [1.54, 1.807) is 0 Å². The highest BCUT2D eigenvalue weighted by atomic mass is 16.3. The molecule has 1 heteroatoms. The van der Waals surface area contributed by atoms with Crippen molar-refractivity contribution >= 4 is 0 Å². The van der Waals surface area contributed by atoms with Gasteiger partial charge in [-0.15, -0.1) is 0 Å². The van der Waals surface area contributed by atoms with Crippen molar-refractivity contribution in [2.75, 3.05) is 0 Å². The SMILES string of the molecule is CCCCCCCCCCCC(c1ccccc1O)C(CCCCCCC)CCCCCCCC. The summed E-state index contributed by atoms with van der Waals surface area (Å²) < 4.78 is 0. The van der Waals surface area contributed by atoms with Crippen molar-refractivity contribution in [2.24, 2.45) is 5.92 Å². The normalized spacial score (nSPS) is 13.2. The molecule has 1 nitrogen and oxygen atoms in total. The molecule has 0 aliphatic heterocycles. The Bertz CT molecular complexity index is 565. The van der Waals surface area contributed by atoms with Crippen LogP contribution in [0.5, 0.6) is 5.75 Å². The first-order valence-electron chi connectivity index (χ1n) is 16.0.